The highest BCUT2D eigenvalue weighted by atomic mass is 35.5. The number of fused-ring (bicyclic) bond motifs is 1. The number of ether oxygens (including phenoxy) is 1. The number of hydrogen-bond donors (Lipinski definition) is 0. The standard InChI is InChI=1S/C21H19FN4O2S.ClH/c22-17-2-1-3-18-19(17)24-21(29-18)26(9-8-25-10-12-28-13-11-25)20(27)16-6-4-15(14-23)5-7-16;/h1-7H,8-13H2;1H. The smallest absolute Gasteiger partial charge is 0.260 e. The summed E-state index contributed by atoms with van der Waals surface area (Å²) in [7, 11) is 0. The van der Waals surface area contributed by atoms with E-state index < -0.39 is 5.82 Å². The minimum Gasteiger partial charge on any atom is -0.379 e. The quantitative estimate of drug-likeness (QED) is 0.597. The molecule has 0 unspecified atom stereocenters. The number of hydrogen-bond acceptors (Lipinski definition) is 6. The molecule has 6 nitrogen and oxygen atoms in total. The highest BCUT2D eigenvalue weighted by Gasteiger charge is 2.23. The van der Waals surface area contributed by atoms with Crippen LogP contribution in [0.3, 0.4) is 0 Å². The van der Waals surface area contributed by atoms with E-state index in [9.17, 15) is 9.18 Å². The molecule has 0 spiro atoms. The van der Waals surface area contributed by atoms with Gasteiger partial charge in [0.25, 0.3) is 5.91 Å². The Balaban J connectivity index is 0.00000256. The predicted octanol–water partition coefficient (Wildman–Crippen LogP) is 3.71. The summed E-state index contributed by atoms with van der Waals surface area (Å²) in [5.41, 5.74) is 1.23. The van der Waals surface area contributed by atoms with Crippen LogP contribution in [-0.2, 0) is 4.74 Å². The summed E-state index contributed by atoms with van der Waals surface area (Å²) in [6.07, 6.45) is 0. The number of aromatic nitrogens is 1. The number of anilines is 1. The number of nitrogens with zero attached hydrogens (tertiary/aromatic N) is 4. The van der Waals surface area contributed by atoms with Gasteiger partial charge in [0.15, 0.2) is 5.13 Å². The number of para-hydroxylation sites is 1. The summed E-state index contributed by atoms with van der Waals surface area (Å²) in [6, 6.07) is 13.4. The van der Waals surface area contributed by atoms with Crippen LogP contribution in [0.5, 0.6) is 0 Å². The van der Waals surface area contributed by atoms with Crippen molar-refractivity contribution in [2.24, 2.45) is 0 Å². The third-order valence-corrected chi connectivity index (χ3v) is 5.88. The Morgan fingerprint density at radius 2 is 1.97 bits per heavy atom. The van der Waals surface area contributed by atoms with Crippen LogP contribution in [0.25, 0.3) is 10.2 Å². The van der Waals surface area contributed by atoms with Crippen LogP contribution in [-0.4, -0.2) is 55.2 Å². The van der Waals surface area contributed by atoms with E-state index in [2.05, 4.69) is 16.0 Å². The van der Waals surface area contributed by atoms with E-state index in [0.29, 0.717) is 47.3 Å². The van der Waals surface area contributed by atoms with E-state index in [-0.39, 0.29) is 23.8 Å². The molecule has 0 aliphatic carbocycles. The Morgan fingerprint density at radius 3 is 2.63 bits per heavy atom. The molecular formula is C21H20ClFN4O2S. The first kappa shape index (κ1) is 22.1. The lowest BCUT2D eigenvalue weighted by atomic mass is 10.1. The van der Waals surface area contributed by atoms with E-state index in [4.69, 9.17) is 10.00 Å². The normalized spacial score (nSPS) is 14.1. The number of halogens is 2. The van der Waals surface area contributed by atoms with Gasteiger partial charge in [-0.15, -0.1) is 12.4 Å². The van der Waals surface area contributed by atoms with Gasteiger partial charge in [-0.2, -0.15) is 5.26 Å². The Bertz CT molecular complexity index is 1060. The second-order valence-electron chi connectivity index (χ2n) is 6.68. The third-order valence-electron chi connectivity index (χ3n) is 4.84. The molecule has 0 N–H and O–H groups in total. The van der Waals surface area contributed by atoms with Crippen LogP contribution < -0.4 is 4.90 Å². The van der Waals surface area contributed by atoms with Gasteiger partial charge in [-0.25, -0.2) is 9.37 Å². The number of rotatable bonds is 5. The molecular weight excluding hydrogens is 427 g/mol. The summed E-state index contributed by atoms with van der Waals surface area (Å²) < 4.78 is 20.2. The Morgan fingerprint density at radius 1 is 1.23 bits per heavy atom. The highest BCUT2D eigenvalue weighted by molar-refractivity contribution is 7.22. The Hall–Kier alpha value is -2.57. The Kier molecular flexibility index (Phi) is 7.34. The lowest BCUT2D eigenvalue weighted by molar-refractivity contribution is 0.0391. The van der Waals surface area contributed by atoms with Crippen molar-refractivity contribution >= 4 is 45.0 Å². The van der Waals surface area contributed by atoms with Crippen molar-refractivity contribution in [1.29, 1.82) is 5.26 Å². The van der Waals surface area contributed by atoms with Gasteiger partial charge < -0.3 is 4.74 Å². The zero-order valence-corrected chi connectivity index (χ0v) is 17.7. The van der Waals surface area contributed by atoms with Gasteiger partial charge >= 0.3 is 0 Å². The molecule has 30 heavy (non-hydrogen) atoms. The van der Waals surface area contributed by atoms with Gasteiger partial charge in [-0.1, -0.05) is 17.4 Å². The van der Waals surface area contributed by atoms with Crippen molar-refractivity contribution in [2.45, 2.75) is 0 Å². The number of carbonyl (C=O) groups is 1. The van der Waals surface area contributed by atoms with Crippen molar-refractivity contribution < 1.29 is 13.9 Å². The average molecular weight is 447 g/mol. The number of thiazole rings is 1. The van der Waals surface area contributed by atoms with E-state index in [1.807, 2.05) is 0 Å². The number of carbonyl (C=O) groups excluding carboxylic acids is 1. The Labute approximate surface area is 183 Å². The summed E-state index contributed by atoms with van der Waals surface area (Å²) in [6.45, 7) is 4.08. The van der Waals surface area contributed by atoms with Crippen LogP contribution in [0, 0.1) is 17.1 Å². The number of nitriles is 1. The zero-order valence-electron chi connectivity index (χ0n) is 16.1. The van der Waals surface area contributed by atoms with Gasteiger partial charge in [0.1, 0.15) is 11.3 Å². The van der Waals surface area contributed by atoms with Gasteiger partial charge in [0.05, 0.1) is 29.5 Å². The van der Waals surface area contributed by atoms with Crippen LogP contribution in [0.1, 0.15) is 15.9 Å². The van der Waals surface area contributed by atoms with E-state index >= 15 is 0 Å². The van der Waals surface area contributed by atoms with Crippen LogP contribution in [0.15, 0.2) is 42.5 Å². The zero-order chi connectivity index (χ0) is 20.2. The van der Waals surface area contributed by atoms with Crippen LogP contribution in [0.2, 0.25) is 0 Å². The second-order valence-corrected chi connectivity index (χ2v) is 7.69. The third kappa shape index (κ3) is 4.77. The first-order chi connectivity index (χ1) is 14.2. The number of morpholine rings is 1. The van der Waals surface area contributed by atoms with Gasteiger partial charge in [0, 0.05) is 31.7 Å². The SMILES string of the molecule is Cl.N#Cc1ccc(C(=O)N(CCN2CCOCC2)c2nc3c(F)cccc3s2)cc1. The lowest BCUT2D eigenvalue weighted by Gasteiger charge is -2.29. The van der Waals surface area contributed by atoms with Crippen molar-refractivity contribution in [1.82, 2.24) is 9.88 Å². The molecule has 2 heterocycles. The fraction of sp³-hybridized carbons (Fsp3) is 0.286. The summed E-state index contributed by atoms with van der Waals surface area (Å²) in [5, 5.41) is 9.45. The van der Waals surface area contributed by atoms with E-state index in [1.165, 1.54) is 17.4 Å². The van der Waals surface area contributed by atoms with Crippen LogP contribution >= 0.6 is 23.7 Å². The molecule has 0 radical (unpaired) electrons. The van der Waals surface area contributed by atoms with Gasteiger partial charge in [0.2, 0.25) is 0 Å². The van der Waals surface area contributed by atoms with Gasteiger partial charge in [-0.05, 0) is 36.4 Å². The molecule has 2 aromatic carbocycles. The largest absolute Gasteiger partial charge is 0.379 e. The van der Waals surface area contributed by atoms with Crippen molar-refractivity contribution in [3.05, 3.63) is 59.4 Å². The summed E-state index contributed by atoms with van der Waals surface area (Å²) >= 11 is 1.30. The number of benzene rings is 2. The molecule has 4 rings (SSSR count). The summed E-state index contributed by atoms with van der Waals surface area (Å²) in [4.78, 5) is 21.5. The van der Waals surface area contributed by atoms with E-state index in [1.54, 1.807) is 41.3 Å². The van der Waals surface area contributed by atoms with Crippen molar-refractivity contribution in [2.75, 3.05) is 44.3 Å². The first-order valence-electron chi connectivity index (χ1n) is 9.33. The molecule has 1 aliphatic heterocycles. The molecule has 1 aliphatic rings. The first-order valence-corrected chi connectivity index (χ1v) is 10.1. The molecule has 9 heteroatoms. The minimum absolute atomic E-state index is 0. The maximum Gasteiger partial charge on any atom is 0.260 e. The molecule has 156 valence electrons. The molecule has 1 saturated heterocycles. The summed E-state index contributed by atoms with van der Waals surface area (Å²) in [5.74, 6) is -0.619. The lowest BCUT2D eigenvalue weighted by Crippen LogP contribution is -2.43. The maximum atomic E-state index is 14.1. The molecule has 0 atom stereocenters. The molecule has 3 aromatic rings. The molecule has 1 aromatic heterocycles. The average Bonchev–Trinajstić information content (AvgIpc) is 3.20. The maximum absolute atomic E-state index is 14.1. The number of amides is 1. The van der Waals surface area contributed by atoms with Crippen LogP contribution in [0.4, 0.5) is 9.52 Å². The predicted molar refractivity (Wildman–Crippen MR) is 117 cm³/mol. The van der Waals surface area contributed by atoms with Crippen molar-refractivity contribution in [3.63, 3.8) is 0 Å². The highest BCUT2D eigenvalue weighted by Crippen LogP contribution is 2.31. The monoisotopic (exact) mass is 446 g/mol. The fourth-order valence-electron chi connectivity index (χ4n) is 3.21. The van der Waals surface area contributed by atoms with Gasteiger partial charge in [-0.3, -0.25) is 14.6 Å². The molecule has 1 amide bonds. The second kappa shape index (κ2) is 9.96. The molecule has 0 saturated carbocycles. The fourth-order valence-corrected chi connectivity index (χ4v) is 4.22. The van der Waals surface area contributed by atoms with Crippen molar-refractivity contribution in [3.8, 4) is 6.07 Å². The minimum atomic E-state index is -0.399. The molecule has 1 fully saturated rings. The molecule has 0 bridgehead atoms. The van der Waals surface area contributed by atoms with E-state index in [0.717, 1.165) is 13.1 Å². The topological polar surface area (TPSA) is 69.5 Å².